The maximum Gasteiger partial charge on any atom is 0.397 e. The van der Waals surface area contributed by atoms with Crippen LogP contribution in [0.4, 0.5) is 0 Å². The van der Waals surface area contributed by atoms with Crippen LogP contribution >= 0.6 is 0 Å². The van der Waals surface area contributed by atoms with Crippen molar-refractivity contribution in [1.29, 1.82) is 0 Å². The minimum absolute atomic E-state index is 0.173. The third-order valence-electron chi connectivity index (χ3n) is 7.64. The topological polar surface area (TPSA) is 63.6 Å². The van der Waals surface area contributed by atoms with Gasteiger partial charge in [-0.15, -0.1) is 0 Å². The molecule has 1 N–H and O–H groups in total. The summed E-state index contributed by atoms with van der Waals surface area (Å²) in [6, 6.07) is 0. The van der Waals surface area contributed by atoms with Crippen LogP contribution in [0.5, 0.6) is 0 Å². The van der Waals surface area contributed by atoms with Gasteiger partial charge in [-0.2, -0.15) is 8.42 Å². The monoisotopic (exact) mass is 352 g/mol. The molecule has 2 saturated carbocycles. The minimum atomic E-state index is -4.36. The van der Waals surface area contributed by atoms with Gasteiger partial charge in [0.1, 0.15) is 0 Å². The fraction of sp³-hybridized carbons (Fsp3) is 0.789. The van der Waals surface area contributed by atoms with E-state index < -0.39 is 16.5 Å². The third kappa shape index (κ3) is 2.60. The standard InChI is InChI=1S/C19H28O4S/c1-18-9-3-4-16(18)15-6-5-13-12-14(23-24(20,21)22)7-11-19(13,2)17(15)8-10-18/h3,5,9,14-17H,4,6-8,10-12H2,1-2H3,(H,20,21,22)/t14-,15-,16-,17-,18-,19-/m0/s1. The Balaban J connectivity index is 1.58. The summed E-state index contributed by atoms with van der Waals surface area (Å²) in [5.41, 5.74) is 1.92. The number of rotatable bonds is 2. The van der Waals surface area contributed by atoms with Crippen molar-refractivity contribution in [3.05, 3.63) is 23.8 Å². The van der Waals surface area contributed by atoms with Crippen molar-refractivity contribution in [3.63, 3.8) is 0 Å². The average molecular weight is 352 g/mol. The second-order valence-electron chi connectivity index (χ2n) is 8.83. The maximum atomic E-state index is 11.0. The predicted molar refractivity (Wildman–Crippen MR) is 92.6 cm³/mol. The van der Waals surface area contributed by atoms with Gasteiger partial charge in [0.15, 0.2) is 0 Å². The van der Waals surface area contributed by atoms with E-state index in [-0.39, 0.29) is 5.41 Å². The van der Waals surface area contributed by atoms with Crippen LogP contribution in [0.2, 0.25) is 0 Å². The molecule has 5 heteroatoms. The van der Waals surface area contributed by atoms with Gasteiger partial charge in [0.25, 0.3) is 0 Å². The smallest absolute Gasteiger partial charge is 0.264 e. The molecule has 0 amide bonds. The van der Waals surface area contributed by atoms with Crippen LogP contribution in [0.3, 0.4) is 0 Å². The molecule has 0 aliphatic heterocycles. The van der Waals surface area contributed by atoms with Crippen molar-refractivity contribution in [2.75, 3.05) is 0 Å². The molecule has 0 spiro atoms. The first-order valence-electron chi connectivity index (χ1n) is 9.24. The summed E-state index contributed by atoms with van der Waals surface area (Å²) in [5, 5.41) is 0. The Labute approximate surface area is 145 Å². The van der Waals surface area contributed by atoms with Gasteiger partial charge >= 0.3 is 10.4 Å². The van der Waals surface area contributed by atoms with Gasteiger partial charge in [-0.1, -0.05) is 37.6 Å². The number of hydrogen-bond donors (Lipinski definition) is 1. The van der Waals surface area contributed by atoms with Crippen LogP contribution in [0.1, 0.15) is 58.8 Å². The summed E-state index contributed by atoms with van der Waals surface area (Å²) in [4.78, 5) is 0. The fourth-order valence-corrected chi connectivity index (χ4v) is 6.87. The van der Waals surface area contributed by atoms with Crippen molar-refractivity contribution >= 4 is 10.4 Å². The first-order chi connectivity index (χ1) is 11.2. The largest absolute Gasteiger partial charge is 0.397 e. The maximum absolute atomic E-state index is 11.0. The number of allylic oxidation sites excluding steroid dienone is 3. The number of hydrogen-bond acceptors (Lipinski definition) is 3. The van der Waals surface area contributed by atoms with Gasteiger partial charge < -0.3 is 0 Å². The molecule has 0 aromatic heterocycles. The number of fused-ring (bicyclic) bond motifs is 5. The molecule has 2 fully saturated rings. The Morgan fingerprint density at radius 2 is 1.96 bits per heavy atom. The van der Waals surface area contributed by atoms with E-state index in [1.807, 2.05) is 0 Å². The summed E-state index contributed by atoms with van der Waals surface area (Å²) in [7, 11) is -4.36. The van der Waals surface area contributed by atoms with E-state index in [1.54, 1.807) is 0 Å². The third-order valence-corrected chi connectivity index (χ3v) is 8.16. The van der Waals surface area contributed by atoms with Crippen molar-refractivity contribution in [3.8, 4) is 0 Å². The van der Waals surface area contributed by atoms with Crippen molar-refractivity contribution in [2.45, 2.75) is 64.9 Å². The molecule has 0 aromatic rings. The van der Waals surface area contributed by atoms with E-state index in [9.17, 15) is 8.42 Å². The Morgan fingerprint density at radius 3 is 2.71 bits per heavy atom. The molecule has 6 atom stereocenters. The van der Waals surface area contributed by atoms with Gasteiger partial charge in [-0.3, -0.25) is 4.55 Å². The molecule has 0 aromatic carbocycles. The summed E-state index contributed by atoms with van der Waals surface area (Å²) in [5.74, 6) is 2.20. The van der Waals surface area contributed by atoms with E-state index in [0.717, 1.165) is 24.7 Å². The molecule has 134 valence electrons. The van der Waals surface area contributed by atoms with Crippen LogP contribution in [-0.2, 0) is 14.6 Å². The van der Waals surface area contributed by atoms with E-state index in [4.69, 9.17) is 8.74 Å². The average Bonchev–Trinajstić information content (AvgIpc) is 2.88. The van der Waals surface area contributed by atoms with Crippen LogP contribution in [0, 0.1) is 28.6 Å². The SMILES string of the molecule is C[C@@]12C=CC[C@H]1[C@@H]1CC=C3C[C@@H](OS(=O)(=O)O)CC[C@]3(C)[C@H]1CC2. The van der Waals surface area contributed by atoms with Crippen LogP contribution in [0.15, 0.2) is 23.8 Å². The van der Waals surface area contributed by atoms with Gasteiger partial charge in [-0.25, -0.2) is 4.18 Å². The molecule has 4 nitrogen and oxygen atoms in total. The zero-order valence-corrected chi connectivity index (χ0v) is 15.4. The molecule has 0 heterocycles. The molecular weight excluding hydrogens is 324 g/mol. The molecule has 4 aliphatic carbocycles. The lowest BCUT2D eigenvalue weighted by atomic mass is 9.48. The van der Waals surface area contributed by atoms with E-state index >= 15 is 0 Å². The van der Waals surface area contributed by atoms with Gasteiger partial charge in [-0.05, 0) is 73.5 Å². The normalized spacial score (nSPS) is 47.5. The lowest BCUT2D eigenvalue weighted by Gasteiger charge is -2.57. The molecule has 0 radical (unpaired) electrons. The zero-order chi connectivity index (χ0) is 17.2. The Hall–Kier alpha value is -0.650. The fourth-order valence-electron chi connectivity index (χ4n) is 6.36. The van der Waals surface area contributed by atoms with Crippen LogP contribution < -0.4 is 0 Å². The highest BCUT2D eigenvalue weighted by Crippen LogP contribution is 2.63. The molecular formula is C19H28O4S. The van der Waals surface area contributed by atoms with E-state index in [2.05, 4.69) is 32.1 Å². The van der Waals surface area contributed by atoms with Gasteiger partial charge in [0.2, 0.25) is 0 Å². The highest BCUT2D eigenvalue weighted by molar-refractivity contribution is 7.80. The Kier molecular flexibility index (Phi) is 3.79. The quantitative estimate of drug-likeness (QED) is 0.594. The van der Waals surface area contributed by atoms with Crippen molar-refractivity contribution < 1.29 is 17.2 Å². The highest BCUT2D eigenvalue weighted by Gasteiger charge is 2.54. The first kappa shape index (κ1) is 16.8. The lowest BCUT2D eigenvalue weighted by molar-refractivity contribution is -0.0240. The van der Waals surface area contributed by atoms with Crippen molar-refractivity contribution in [2.24, 2.45) is 28.6 Å². The molecule has 0 saturated heterocycles. The first-order valence-corrected chi connectivity index (χ1v) is 10.6. The minimum Gasteiger partial charge on any atom is -0.264 e. The van der Waals surface area contributed by atoms with Gasteiger partial charge in [0.05, 0.1) is 6.10 Å². The molecule has 4 rings (SSSR count). The molecule has 24 heavy (non-hydrogen) atoms. The Morgan fingerprint density at radius 1 is 1.17 bits per heavy atom. The second-order valence-corrected chi connectivity index (χ2v) is 9.88. The summed E-state index contributed by atoms with van der Waals surface area (Å²) < 4.78 is 35.9. The summed E-state index contributed by atoms with van der Waals surface area (Å²) in [6.45, 7) is 4.81. The molecule has 0 unspecified atom stereocenters. The Bertz CT molecular complexity index is 694. The van der Waals surface area contributed by atoms with E-state index in [0.29, 0.717) is 24.2 Å². The van der Waals surface area contributed by atoms with Gasteiger partial charge in [0, 0.05) is 0 Å². The lowest BCUT2D eigenvalue weighted by Crippen LogP contribution is -2.49. The molecule has 4 aliphatic rings. The highest BCUT2D eigenvalue weighted by atomic mass is 32.3. The summed E-state index contributed by atoms with van der Waals surface area (Å²) >= 11 is 0. The van der Waals surface area contributed by atoms with Crippen LogP contribution in [0.25, 0.3) is 0 Å². The molecule has 0 bridgehead atoms. The predicted octanol–water partition coefficient (Wildman–Crippen LogP) is 4.30. The zero-order valence-electron chi connectivity index (χ0n) is 14.6. The van der Waals surface area contributed by atoms with Crippen molar-refractivity contribution in [1.82, 2.24) is 0 Å². The summed E-state index contributed by atoms with van der Waals surface area (Å²) in [6.07, 6.45) is 13.9. The van der Waals surface area contributed by atoms with Crippen LogP contribution in [-0.4, -0.2) is 19.1 Å². The van der Waals surface area contributed by atoms with E-state index in [1.165, 1.54) is 24.8 Å². The second kappa shape index (κ2) is 5.42.